The highest BCUT2D eigenvalue weighted by atomic mass is 32.2. The van der Waals surface area contributed by atoms with Gasteiger partial charge in [0.05, 0.1) is 0 Å². The van der Waals surface area contributed by atoms with Crippen LogP contribution < -0.4 is 0 Å². The molecule has 1 rings (SSSR count). The summed E-state index contributed by atoms with van der Waals surface area (Å²) in [7, 11) is 0. The molecule has 0 aromatic rings. The summed E-state index contributed by atoms with van der Waals surface area (Å²) in [6.07, 6.45) is 2.04. The molecule has 0 bridgehead atoms. The molecule has 1 fully saturated rings. The molecule has 19 heavy (non-hydrogen) atoms. The number of rotatable bonds is 4. The van der Waals surface area contributed by atoms with E-state index < -0.39 is 0 Å². The minimum absolute atomic E-state index is 0.0280. The largest absolute Gasteiger partial charge is 0.459 e. The lowest BCUT2D eigenvalue weighted by atomic mass is 10.1. The van der Waals surface area contributed by atoms with Crippen LogP contribution in [-0.4, -0.2) is 46.1 Å². The predicted molar refractivity (Wildman–Crippen MR) is 82.7 cm³/mol. The summed E-state index contributed by atoms with van der Waals surface area (Å²) in [5, 5.41) is 0. The minimum atomic E-state index is -0.383. The molecule has 1 atom stereocenters. The number of carbonyl (C=O) groups is 1. The Morgan fingerprint density at radius 1 is 1.26 bits per heavy atom. The molecule has 0 unspecified atom stereocenters. The van der Waals surface area contributed by atoms with Crippen LogP contribution in [0, 0.1) is 0 Å². The van der Waals surface area contributed by atoms with Gasteiger partial charge in [-0.2, -0.15) is 11.8 Å². The Hall–Kier alpha value is -0.220. The van der Waals surface area contributed by atoms with Crippen molar-refractivity contribution >= 4 is 17.7 Å². The molecule has 3 nitrogen and oxygen atoms in total. The minimum Gasteiger partial charge on any atom is -0.459 e. The molecule has 0 amide bonds. The van der Waals surface area contributed by atoms with E-state index in [1.165, 1.54) is 0 Å². The maximum Gasteiger partial charge on any atom is 0.323 e. The molecular formula is C15H29NO2S. The van der Waals surface area contributed by atoms with E-state index in [1.807, 2.05) is 32.5 Å². The summed E-state index contributed by atoms with van der Waals surface area (Å²) in [5.41, 5.74) is -0.383. The van der Waals surface area contributed by atoms with E-state index >= 15 is 0 Å². The Bertz CT molecular complexity index is 304. The van der Waals surface area contributed by atoms with Crippen LogP contribution >= 0.6 is 11.8 Å². The van der Waals surface area contributed by atoms with Crippen LogP contribution in [0.4, 0.5) is 0 Å². The second-order valence-electron chi connectivity index (χ2n) is 7.19. The summed E-state index contributed by atoms with van der Waals surface area (Å²) in [6, 6.07) is -0.0280. The molecule has 0 aliphatic carbocycles. The van der Waals surface area contributed by atoms with Crippen LogP contribution in [0.2, 0.25) is 0 Å². The summed E-state index contributed by atoms with van der Waals surface area (Å²) >= 11 is 1.95. The molecule has 4 heteroatoms. The van der Waals surface area contributed by atoms with Gasteiger partial charge in [-0.3, -0.25) is 9.69 Å². The number of nitrogens with zero attached hydrogens (tertiary/aromatic N) is 1. The van der Waals surface area contributed by atoms with E-state index in [0.717, 1.165) is 31.7 Å². The Balaban J connectivity index is 2.43. The van der Waals surface area contributed by atoms with E-state index in [1.54, 1.807) is 0 Å². The number of carbonyl (C=O) groups excluding carboxylic acids is 1. The third-order valence-electron chi connectivity index (χ3n) is 2.96. The zero-order valence-corrected chi connectivity index (χ0v) is 14.1. The van der Waals surface area contributed by atoms with Gasteiger partial charge in [0.1, 0.15) is 11.6 Å². The molecular weight excluding hydrogens is 258 g/mol. The normalized spacial score (nSPS) is 21.7. The fourth-order valence-electron chi connectivity index (χ4n) is 2.20. The molecule has 0 saturated carbocycles. The lowest BCUT2D eigenvalue weighted by Crippen LogP contribution is -2.41. The quantitative estimate of drug-likeness (QED) is 0.742. The summed E-state index contributed by atoms with van der Waals surface area (Å²) in [5.74, 6) is 1.02. The monoisotopic (exact) mass is 287 g/mol. The van der Waals surface area contributed by atoms with Crippen molar-refractivity contribution in [3.05, 3.63) is 0 Å². The van der Waals surface area contributed by atoms with Gasteiger partial charge in [0, 0.05) is 17.0 Å². The molecule has 0 aromatic carbocycles. The third kappa shape index (κ3) is 6.66. The molecule has 1 saturated heterocycles. The highest BCUT2D eigenvalue weighted by Crippen LogP contribution is 2.25. The van der Waals surface area contributed by atoms with Gasteiger partial charge >= 0.3 is 5.97 Å². The summed E-state index contributed by atoms with van der Waals surface area (Å²) < 4.78 is 5.80. The van der Waals surface area contributed by atoms with E-state index in [4.69, 9.17) is 4.74 Å². The topological polar surface area (TPSA) is 29.5 Å². The van der Waals surface area contributed by atoms with Gasteiger partial charge in [-0.05, 0) is 40.2 Å². The summed E-state index contributed by atoms with van der Waals surface area (Å²) in [6.45, 7) is 14.5. The van der Waals surface area contributed by atoms with Crippen molar-refractivity contribution in [2.75, 3.05) is 18.8 Å². The number of likely N-dealkylation sites (tertiary alicyclic amines) is 1. The van der Waals surface area contributed by atoms with Crippen molar-refractivity contribution in [3.8, 4) is 0 Å². The van der Waals surface area contributed by atoms with Crippen molar-refractivity contribution in [1.29, 1.82) is 0 Å². The predicted octanol–water partition coefficient (Wildman–Crippen LogP) is 3.32. The maximum absolute atomic E-state index is 12.2. The average molecular weight is 287 g/mol. The van der Waals surface area contributed by atoms with Gasteiger partial charge in [0.2, 0.25) is 0 Å². The zero-order valence-electron chi connectivity index (χ0n) is 13.3. The Morgan fingerprint density at radius 2 is 1.89 bits per heavy atom. The van der Waals surface area contributed by atoms with Gasteiger partial charge in [-0.1, -0.05) is 20.8 Å². The Labute approximate surface area is 122 Å². The number of hydrogen-bond acceptors (Lipinski definition) is 4. The highest BCUT2D eigenvalue weighted by Gasteiger charge is 2.33. The number of esters is 1. The first-order valence-corrected chi connectivity index (χ1v) is 8.18. The molecule has 1 aliphatic heterocycles. The third-order valence-corrected chi connectivity index (χ3v) is 4.21. The van der Waals surface area contributed by atoms with Gasteiger partial charge in [0.15, 0.2) is 0 Å². The van der Waals surface area contributed by atoms with Gasteiger partial charge in [-0.25, -0.2) is 0 Å². The fourth-order valence-corrected chi connectivity index (χ4v) is 3.14. The van der Waals surface area contributed by atoms with E-state index in [0.29, 0.717) is 4.75 Å². The smallest absolute Gasteiger partial charge is 0.323 e. The number of ether oxygens (including phenoxy) is 1. The standard InChI is InChI=1S/C15H29NO2S/c1-14(2,3)18-13(17)12-8-7-9-16(12)10-11-19-15(4,5)6/h12H,7-11H2,1-6H3/t12-/m0/s1. The molecule has 112 valence electrons. The first-order chi connectivity index (χ1) is 8.58. The number of hydrogen-bond donors (Lipinski definition) is 0. The van der Waals surface area contributed by atoms with E-state index in [-0.39, 0.29) is 17.6 Å². The van der Waals surface area contributed by atoms with Crippen molar-refractivity contribution in [2.45, 2.75) is 70.8 Å². The van der Waals surface area contributed by atoms with Gasteiger partial charge in [-0.15, -0.1) is 0 Å². The first kappa shape index (κ1) is 16.8. The maximum atomic E-state index is 12.2. The van der Waals surface area contributed by atoms with E-state index in [2.05, 4.69) is 25.7 Å². The van der Waals surface area contributed by atoms with Crippen LogP contribution in [0.15, 0.2) is 0 Å². The van der Waals surface area contributed by atoms with Gasteiger partial charge in [0.25, 0.3) is 0 Å². The number of thioether (sulfide) groups is 1. The lowest BCUT2D eigenvalue weighted by Gasteiger charge is -2.28. The summed E-state index contributed by atoms with van der Waals surface area (Å²) in [4.78, 5) is 14.4. The zero-order chi connectivity index (χ0) is 14.7. The molecule has 0 radical (unpaired) electrons. The van der Waals surface area contributed by atoms with Crippen molar-refractivity contribution in [3.63, 3.8) is 0 Å². The van der Waals surface area contributed by atoms with Crippen LogP contribution in [0.5, 0.6) is 0 Å². The van der Waals surface area contributed by atoms with Crippen molar-refractivity contribution in [2.24, 2.45) is 0 Å². The molecule has 0 spiro atoms. The molecule has 0 N–H and O–H groups in total. The van der Waals surface area contributed by atoms with Crippen LogP contribution in [0.25, 0.3) is 0 Å². The van der Waals surface area contributed by atoms with E-state index in [9.17, 15) is 4.79 Å². The Kier molecular flexibility index (Phi) is 5.75. The first-order valence-electron chi connectivity index (χ1n) is 7.19. The van der Waals surface area contributed by atoms with Crippen LogP contribution in [0.3, 0.4) is 0 Å². The van der Waals surface area contributed by atoms with Crippen LogP contribution in [-0.2, 0) is 9.53 Å². The van der Waals surface area contributed by atoms with Crippen molar-refractivity contribution < 1.29 is 9.53 Å². The Morgan fingerprint density at radius 3 is 2.42 bits per heavy atom. The lowest BCUT2D eigenvalue weighted by molar-refractivity contribution is -0.160. The average Bonchev–Trinajstić information content (AvgIpc) is 2.61. The highest BCUT2D eigenvalue weighted by molar-refractivity contribution is 8.00. The molecule has 1 aliphatic rings. The van der Waals surface area contributed by atoms with Gasteiger partial charge < -0.3 is 4.74 Å². The second-order valence-corrected chi connectivity index (χ2v) is 9.11. The van der Waals surface area contributed by atoms with Crippen LogP contribution in [0.1, 0.15) is 54.4 Å². The molecule has 0 aromatic heterocycles. The van der Waals surface area contributed by atoms with Crippen molar-refractivity contribution in [1.82, 2.24) is 4.90 Å². The second kappa shape index (κ2) is 6.49. The fraction of sp³-hybridized carbons (Fsp3) is 0.933. The SMILES string of the molecule is CC(C)(C)OC(=O)[C@@H]1CCCN1CCSC(C)(C)C. The molecule has 1 heterocycles.